The molecule has 0 spiro atoms. The van der Waals surface area contributed by atoms with Crippen molar-refractivity contribution in [2.75, 3.05) is 0 Å². The molecular weight excluding hydrogens is 241 g/mol. The monoisotopic (exact) mass is 263 g/mol. The minimum absolute atomic E-state index is 0.0408. The number of H-pyrrole nitrogens is 1. The van der Waals surface area contributed by atoms with Crippen molar-refractivity contribution in [2.45, 2.75) is 58.7 Å². The van der Waals surface area contributed by atoms with Crippen molar-refractivity contribution in [2.24, 2.45) is 0 Å². The lowest BCUT2D eigenvalue weighted by Crippen LogP contribution is -2.46. The summed E-state index contributed by atoms with van der Waals surface area (Å²) >= 11 is 0. The topological polar surface area (TPSA) is 51.3 Å². The van der Waals surface area contributed by atoms with Gasteiger partial charge in [-0.15, -0.1) is 0 Å². The molecule has 1 fully saturated rings. The Kier molecular flexibility index (Phi) is 3.39. The van der Waals surface area contributed by atoms with Gasteiger partial charge in [0.15, 0.2) is 5.43 Å². The Bertz CT molecular complexity index is 518. The summed E-state index contributed by atoms with van der Waals surface area (Å²) in [5.41, 5.74) is 0.561. The van der Waals surface area contributed by atoms with E-state index in [4.69, 9.17) is 9.31 Å². The first-order valence-corrected chi connectivity index (χ1v) is 6.73. The van der Waals surface area contributed by atoms with E-state index in [2.05, 4.69) is 4.98 Å². The predicted molar refractivity (Wildman–Crippen MR) is 76.9 cm³/mol. The molecule has 1 N–H and O–H groups in total. The van der Waals surface area contributed by atoms with Crippen LogP contribution in [0.3, 0.4) is 0 Å². The molecule has 19 heavy (non-hydrogen) atoms. The van der Waals surface area contributed by atoms with Crippen molar-refractivity contribution in [1.29, 1.82) is 0 Å². The Labute approximate surface area is 114 Å². The van der Waals surface area contributed by atoms with E-state index >= 15 is 0 Å². The third-order valence-corrected chi connectivity index (χ3v) is 4.10. The predicted octanol–water partition coefficient (Wildman–Crippen LogP) is 1.80. The van der Waals surface area contributed by atoms with Gasteiger partial charge in [0.1, 0.15) is 0 Å². The van der Waals surface area contributed by atoms with E-state index in [1.165, 1.54) is 6.07 Å². The number of aromatic amines is 1. The molecule has 5 heteroatoms. The molecule has 0 saturated carbocycles. The maximum atomic E-state index is 12.2. The molecular formula is C14H22BNO3. The summed E-state index contributed by atoms with van der Waals surface area (Å²) in [5.74, 6) is 0.211. The molecule has 0 amide bonds. The SMILES string of the molecule is CC(C)c1[nH]ccc(=O)c1B1OC(C)(C)C(C)(C)O1. The van der Waals surface area contributed by atoms with Gasteiger partial charge < -0.3 is 14.3 Å². The molecule has 104 valence electrons. The Morgan fingerprint density at radius 1 is 1.16 bits per heavy atom. The summed E-state index contributed by atoms with van der Waals surface area (Å²) in [7, 11) is -0.604. The zero-order chi connectivity index (χ0) is 14.4. The van der Waals surface area contributed by atoms with Crippen LogP contribution in [0.1, 0.15) is 53.2 Å². The highest BCUT2D eigenvalue weighted by atomic mass is 16.7. The number of hydrogen-bond donors (Lipinski definition) is 1. The van der Waals surface area contributed by atoms with E-state index in [1.54, 1.807) is 6.20 Å². The number of pyridine rings is 1. The Morgan fingerprint density at radius 2 is 1.68 bits per heavy atom. The largest absolute Gasteiger partial charge is 0.500 e. The molecule has 0 aromatic carbocycles. The smallest absolute Gasteiger partial charge is 0.399 e. The summed E-state index contributed by atoms with van der Waals surface area (Å²) in [6, 6.07) is 1.52. The van der Waals surface area contributed by atoms with Gasteiger partial charge in [0, 0.05) is 23.4 Å². The minimum Gasteiger partial charge on any atom is -0.399 e. The summed E-state index contributed by atoms with van der Waals surface area (Å²) in [6.07, 6.45) is 1.67. The first-order valence-electron chi connectivity index (χ1n) is 6.73. The number of rotatable bonds is 2. The first-order chi connectivity index (χ1) is 8.66. The van der Waals surface area contributed by atoms with Crippen LogP contribution in [0, 0.1) is 0 Å². The Hall–Kier alpha value is -1.07. The van der Waals surface area contributed by atoms with Gasteiger partial charge in [-0.1, -0.05) is 13.8 Å². The quantitative estimate of drug-likeness (QED) is 0.828. The van der Waals surface area contributed by atoms with Crippen LogP contribution in [-0.4, -0.2) is 23.3 Å². The highest BCUT2D eigenvalue weighted by molar-refractivity contribution is 6.62. The fourth-order valence-electron chi connectivity index (χ4n) is 2.19. The molecule has 0 aliphatic carbocycles. The van der Waals surface area contributed by atoms with E-state index in [0.29, 0.717) is 5.46 Å². The molecule has 1 aromatic heterocycles. The van der Waals surface area contributed by atoms with Crippen molar-refractivity contribution in [1.82, 2.24) is 4.98 Å². The van der Waals surface area contributed by atoms with Crippen molar-refractivity contribution >= 4 is 12.6 Å². The van der Waals surface area contributed by atoms with Crippen LogP contribution in [0.25, 0.3) is 0 Å². The highest BCUT2D eigenvalue weighted by Gasteiger charge is 2.53. The van der Waals surface area contributed by atoms with Crippen LogP contribution in [0.15, 0.2) is 17.1 Å². The van der Waals surface area contributed by atoms with E-state index < -0.39 is 18.3 Å². The molecule has 0 bridgehead atoms. The van der Waals surface area contributed by atoms with Crippen LogP contribution in [0.5, 0.6) is 0 Å². The van der Waals surface area contributed by atoms with Crippen molar-refractivity contribution in [3.63, 3.8) is 0 Å². The molecule has 0 radical (unpaired) electrons. The van der Waals surface area contributed by atoms with Crippen molar-refractivity contribution in [3.8, 4) is 0 Å². The minimum atomic E-state index is -0.604. The molecule has 1 aromatic rings. The maximum absolute atomic E-state index is 12.2. The van der Waals surface area contributed by atoms with E-state index in [9.17, 15) is 4.79 Å². The van der Waals surface area contributed by atoms with Crippen molar-refractivity contribution < 1.29 is 9.31 Å². The van der Waals surface area contributed by atoms with Gasteiger partial charge in [0.05, 0.1) is 11.2 Å². The molecule has 1 aliphatic rings. The normalized spacial score (nSPS) is 21.1. The maximum Gasteiger partial charge on any atom is 0.500 e. The van der Waals surface area contributed by atoms with Gasteiger partial charge in [-0.05, 0) is 33.6 Å². The van der Waals surface area contributed by atoms with Crippen molar-refractivity contribution in [3.05, 3.63) is 28.2 Å². The molecule has 0 atom stereocenters. The van der Waals surface area contributed by atoms with Crippen LogP contribution in [0.2, 0.25) is 0 Å². The average Bonchev–Trinajstić information content (AvgIpc) is 2.47. The molecule has 2 rings (SSSR count). The second kappa shape index (κ2) is 4.49. The molecule has 1 aliphatic heterocycles. The zero-order valence-electron chi connectivity index (χ0n) is 12.5. The fraction of sp³-hybridized carbons (Fsp3) is 0.643. The van der Waals surface area contributed by atoms with Crippen LogP contribution in [0.4, 0.5) is 0 Å². The van der Waals surface area contributed by atoms with Gasteiger partial charge in [-0.25, -0.2) is 0 Å². The molecule has 0 unspecified atom stereocenters. The van der Waals surface area contributed by atoms with Gasteiger partial charge in [0.25, 0.3) is 0 Å². The number of nitrogens with one attached hydrogen (secondary N) is 1. The van der Waals surface area contributed by atoms with Gasteiger partial charge in [0.2, 0.25) is 0 Å². The molecule has 2 heterocycles. The summed E-state index contributed by atoms with van der Waals surface area (Å²) in [4.78, 5) is 15.3. The van der Waals surface area contributed by atoms with E-state index in [0.717, 1.165) is 5.69 Å². The van der Waals surface area contributed by atoms with E-state index in [1.807, 2.05) is 41.5 Å². The van der Waals surface area contributed by atoms with Gasteiger partial charge in [-0.3, -0.25) is 4.79 Å². The standard InChI is InChI=1S/C14H22BNO3/c1-9(2)12-11(10(17)7-8-16-12)15-18-13(3,4)14(5,6)19-15/h7-9H,1-6H3,(H,16,17). The summed E-state index contributed by atoms with van der Waals surface area (Å²) in [6.45, 7) is 12.0. The third-order valence-electron chi connectivity index (χ3n) is 4.10. The Morgan fingerprint density at radius 3 is 2.16 bits per heavy atom. The third kappa shape index (κ3) is 2.37. The summed E-state index contributed by atoms with van der Waals surface area (Å²) < 4.78 is 12.0. The lowest BCUT2D eigenvalue weighted by molar-refractivity contribution is 0.00578. The second-order valence-corrected chi connectivity index (χ2v) is 6.41. The van der Waals surface area contributed by atoms with Gasteiger partial charge >= 0.3 is 7.12 Å². The fourth-order valence-corrected chi connectivity index (χ4v) is 2.19. The lowest BCUT2D eigenvalue weighted by atomic mass is 9.75. The summed E-state index contributed by atoms with van der Waals surface area (Å²) in [5, 5.41) is 0. The van der Waals surface area contributed by atoms with Gasteiger partial charge in [-0.2, -0.15) is 0 Å². The van der Waals surface area contributed by atoms with E-state index in [-0.39, 0.29) is 11.3 Å². The molecule has 4 nitrogen and oxygen atoms in total. The highest BCUT2D eigenvalue weighted by Crippen LogP contribution is 2.36. The lowest BCUT2D eigenvalue weighted by Gasteiger charge is -2.32. The first kappa shape index (κ1) is 14.3. The Balaban J connectivity index is 2.48. The van der Waals surface area contributed by atoms with Crippen LogP contribution >= 0.6 is 0 Å². The molecule has 1 saturated heterocycles. The number of hydrogen-bond acceptors (Lipinski definition) is 3. The zero-order valence-corrected chi connectivity index (χ0v) is 12.5. The number of aromatic nitrogens is 1. The van der Waals surface area contributed by atoms with Crippen LogP contribution in [-0.2, 0) is 9.31 Å². The van der Waals surface area contributed by atoms with Crippen LogP contribution < -0.4 is 10.9 Å². The average molecular weight is 263 g/mol. The second-order valence-electron chi connectivity index (χ2n) is 6.41.